The summed E-state index contributed by atoms with van der Waals surface area (Å²) < 4.78 is 0. The zero-order valence-corrected chi connectivity index (χ0v) is 7.97. The van der Waals surface area contributed by atoms with Gasteiger partial charge in [0.25, 0.3) is 0 Å². The minimum absolute atomic E-state index is 0.915. The Morgan fingerprint density at radius 2 is 1.86 bits per heavy atom. The van der Waals surface area contributed by atoms with Crippen molar-refractivity contribution in [3.63, 3.8) is 0 Å². The highest BCUT2D eigenvalue weighted by Crippen LogP contribution is 2.06. The Labute approximate surface area is 83.2 Å². The first-order valence-electron chi connectivity index (χ1n) is 4.33. The highest BCUT2D eigenvalue weighted by atomic mass is 16.4. The maximum Gasteiger partial charge on any atom is 0.328 e. The first-order valence-corrected chi connectivity index (χ1v) is 4.33. The molecule has 14 heavy (non-hydrogen) atoms. The quantitative estimate of drug-likeness (QED) is 0.585. The van der Waals surface area contributed by atoms with Crippen molar-refractivity contribution in [3.05, 3.63) is 53.6 Å². The smallest absolute Gasteiger partial charge is 0.328 e. The molecule has 0 aromatic heterocycles. The summed E-state index contributed by atoms with van der Waals surface area (Å²) in [5.41, 5.74) is 1.98. The predicted octanol–water partition coefficient (Wildman–Crippen LogP) is 2.73. The molecule has 2 nitrogen and oxygen atoms in total. The Bertz CT molecular complexity index is 361. The molecule has 0 bridgehead atoms. The van der Waals surface area contributed by atoms with E-state index in [1.54, 1.807) is 6.08 Å². The van der Waals surface area contributed by atoms with Gasteiger partial charge in [-0.25, -0.2) is 4.79 Å². The fourth-order valence-corrected chi connectivity index (χ4v) is 1.06. The van der Waals surface area contributed by atoms with Gasteiger partial charge < -0.3 is 5.11 Å². The van der Waals surface area contributed by atoms with Crippen LogP contribution in [-0.2, 0) is 4.79 Å². The molecule has 1 aromatic rings. The first kappa shape index (κ1) is 10.3. The zero-order chi connectivity index (χ0) is 10.4. The van der Waals surface area contributed by atoms with Crippen molar-refractivity contribution in [2.24, 2.45) is 0 Å². The first-order chi connectivity index (χ1) is 6.68. The molecule has 1 aromatic carbocycles. The molecule has 1 N–H and O–H groups in total. The fourth-order valence-electron chi connectivity index (χ4n) is 1.06. The summed E-state index contributed by atoms with van der Waals surface area (Å²) in [6.07, 6.45) is 4.64. The van der Waals surface area contributed by atoms with Crippen LogP contribution >= 0.6 is 0 Å². The third kappa shape index (κ3) is 3.72. The molecule has 0 amide bonds. The van der Waals surface area contributed by atoms with Crippen molar-refractivity contribution < 1.29 is 9.90 Å². The van der Waals surface area contributed by atoms with Gasteiger partial charge >= 0.3 is 5.97 Å². The molecule has 0 fully saturated rings. The fraction of sp³-hybridized carbons (Fsp3) is 0.0833. The Morgan fingerprint density at radius 1 is 1.21 bits per heavy atom. The summed E-state index contributed by atoms with van der Waals surface area (Å²) in [6, 6.07) is 9.77. The van der Waals surface area contributed by atoms with E-state index in [1.165, 1.54) is 0 Å². The van der Waals surface area contributed by atoms with E-state index in [1.807, 2.05) is 43.3 Å². The van der Waals surface area contributed by atoms with Crippen LogP contribution in [0.2, 0.25) is 0 Å². The monoisotopic (exact) mass is 188 g/mol. The average Bonchev–Trinajstić information content (AvgIpc) is 2.16. The van der Waals surface area contributed by atoms with Crippen LogP contribution in [0.3, 0.4) is 0 Å². The molecule has 0 aliphatic heterocycles. The molecule has 0 spiro atoms. The molecule has 0 aliphatic carbocycles. The molecule has 0 atom stereocenters. The van der Waals surface area contributed by atoms with E-state index in [4.69, 9.17) is 5.11 Å². The van der Waals surface area contributed by atoms with Crippen molar-refractivity contribution >= 4 is 12.0 Å². The summed E-state index contributed by atoms with van der Waals surface area (Å²) in [5, 5.41) is 8.41. The van der Waals surface area contributed by atoms with Crippen molar-refractivity contribution in [1.82, 2.24) is 0 Å². The van der Waals surface area contributed by atoms with E-state index in [9.17, 15) is 4.79 Å². The molecule has 0 unspecified atom stereocenters. The third-order valence-corrected chi connectivity index (χ3v) is 1.68. The van der Waals surface area contributed by atoms with Gasteiger partial charge in [0.05, 0.1) is 0 Å². The number of benzene rings is 1. The second-order valence-electron chi connectivity index (χ2n) is 2.97. The third-order valence-electron chi connectivity index (χ3n) is 1.68. The van der Waals surface area contributed by atoms with Gasteiger partial charge in [-0.1, -0.05) is 48.1 Å². The lowest BCUT2D eigenvalue weighted by Gasteiger charge is -1.93. The van der Waals surface area contributed by atoms with Gasteiger partial charge in [-0.2, -0.15) is 0 Å². The van der Waals surface area contributed by atoms with E-state index >= 15 is 0 Å². The molecular formula is C12H12O2. The number of carboxylic acid groups (broad SMARTS) is 1. The van der Waals surface area contributed by atoms with Gasteiger partial charge in [-0.3, -0.25) is 0 Å². The number of allylic oxidation sites excluding steroid dienone is 2. The summed E-state index contributed by atoms with van der Waals surface area (Å²) in [6.45, 7) is 1.87. The van der Waals surface area contributed by atoms with Gasteiger partial charge in [-0.15, -0.1) is 0 Å². The Morgan fingerprint density at radius 3 is 2.43 bits per heavy atom. The second-order valence-corrected chi connectivity index (χ2v) is 2.97. The predicted molar refractivity (Wildman–Crippen MR) is 56.9 cm³/mol. The molecule has 0 radical (unpaired) electrons. The Kier molecular flexibility index (Phi) is 3.68. The van der Waals surface area contributed by atoms with Crippen molar-refractivity contribution in [1.29, 1.82) is 0 Å². The molecular weight excluding hydrogens is 176 g/mol. The number of aliphatic carboxylic acids is 1. The molecule has 1 rings (SSSR count). The van der Waals surface area contributed by atoms with Crippen LogP contribution in [0.25, 0.3) is 6.08 Å². The number of hydrogen-bond donors (Lipinski definition) is 1. The van der Waals surface area contributed by atoms with E-state index in [0.29, 0.717) is 0 Å². The summed E-state index contributed by atoms with van der Waals surface area (Å²) in [7, 11) is 0. The van der Waals surface area contributed by atoms with Crippen LogP contribution in [0, 0.1) is 0 Å². The normalized spacial score (nSPS) is 11.9. The van der Waals surface area contributed by atoms with E-state index in [2.05, 4.69) is 0 Å². The zero-order valence-electron chi connectivity index (χ0n) is 7.97. The molecule has 72 valence electrons. The number of carboxylic acids is 1. The van der Waals surface area contributed by atoms with E-state index < -0.39 is 5.97 Å². The van der Waals surface area contributed by atoms with E-state index in [-0.39, 0.29) is 0 Å². The van der Waals surface area contributed by atoms with Gasteiger partial charge in [-0.05, 0) is 12.5 Å². The minimum Gasteiger partial charge on any atom is -0.478 e. The van der Waals surface area contributed by atoms with Crippen LogP contribution in [0.1, 0.15) is 12.5 Å². The van der Waals surface area contributed by atoms with Crippen LogP contribution in [-0.4, -0.2) is 11.1 Å². The van der Waals surface area contributed by atoms with Crippen molar-refractivity contribution in [2.45, 2.75) is 6.92 Å². The van der Waals surface area contributed by atoms with Gasteiger partial charge in [0.2, 0.25) is 0 Å². The van der Waals surface area contributed by atoms with Crippen molar-refractivity contribution in [2.75, 3.05) is 0 Å². The highest BCUT2D eigenvalue weighted by molar-refractivity contribution is 5.80. The van der Waals surface area contributed by atoms with Gasteiger partial charge in [0.15, 0.2) is 0 Å². The SMILES string of the molecule is CC(=C/c1ccccc1)/C=C/C(=O)O. The molecule has 2 heteroatoms. The largest absolute Gasteiger partial charge is 0.478 e. The van der Waals surface area contributed by atoms with Crippen molar-refractivity contribution in [3.8, 4) is 0 Å². The Hall–Kier alpha value is -1.83. The highest BCUT2D eigenvalue weighted by Gasteiger charge is 1.88. The summed E-state index contributed by atoms with van der Waals surface area (Å²) >= 11 is 0. The van der Waals surface area contributed by atoms with Crippen LogP contribution in [0.4, 0.5) is 0 Å². The van der Waals surface area contributed by atoms with Crippen LogP contribution in [0.15, 0.2) is 48.1 Å². The van der Waals surface area contributed by atoms with Gasteiger partial charge in [0, 0.05) is 6.08 Å². The minimum atomic E-state index is -0.925. The van der Waals surface area contributed by atoms with Crippen LogP contribution in [0.5, 0.6) is 0 Å². The average molecular weight is 188 g/mol. The molecule has 0 saturated heterocycles. The molecule has 0 heterocycles. The maximum atomic E-state index is 10.2. The number of carbonyl (C=O) groups is 1. The topological polar surface area (TPSA) is 37.3 Å². The second kappa shape index (κ2) is 5.02. The Balaban J connectivity index is 2.74. The maximum absolute atomic E-state index is 10.2. The standard InChI is InChI=1S/C12H12O2/c1-10(7-8-12(13)14)9-11-5-3-2-4-6-11/h2-9H,1H3,(H,13,14)/b8-7+,10-9-. The van der Waals surface area contributed by atoms with Crippen LogP contribution < -0.4 is 0 Å². The molecule has 0 aliphatic rings. The number of rotatable bonds is 3. The summed E-state index contributed by atoms with van der Waals surface area (Å²) in [4.78, 5) is 10.2. The lowest BCUT2D eigenvalue weighted by molar-refractivity contribution is -0.131. The lowest BCUT2D eigenvalue weighted by Crippen LogP contribution is -1.85. The molecule has 0 saturated carbocycles. The number of hydrogen-bond acceptors (Lipinski definition) is 1. The van der Waals surface area contributed by atoms with E-state index in [0.717, 1.165) is 17.2 Å². The van der Waals surface area contributed by atoms with Gasteiger partial charge in [0.1, 0.15) is 0 Å². The summed E-state index contributed by atoms with van der Waals surface area (Å²) in [5.74, 6) is -0.925. The lowest BCUT2D eigenvalue weighted by atomic mass is 10.1.